The number of furan rings is 2. The van der Waals surface area contributed by atoms with Crippen molar-refractivity contribution in [2.75, 3.05) is 4.90 Å². The Balaban J connectivity index is 1.36. The lowest BCUT2D eigenvalue weighted by molar-refractivity contribution is -0.117. The first-order chi connectivity index (χ1) is 18.0. The molecule has 8 nitrogen and oxygen atoms in total. The molecule has 184 valence electrons. The Kier molecular flexibility index (Phi) is 5.90. The standard InChI is InChI=1S/C27H19N3O5S2/c1-15-11-12-19(34-15)22-21(23(31)20-13-17-9-5-6-10-18(17)35-20)24(32)25(33)30(22)26-28-29-27(37-26)36-14-16-7-3-2-4-8-16/h2-13,22,32H,14H2,1H3. The number of nitrogens with zero attached hydrogens (tertiary/aromatic N) is 3. The Morgan fingerprint density at radius 3 is 2.59 bits per heavy atom. The number of aromatic nitrogens is 2. The minimum atomic E-state index is -1.03. The molecule has 0 saturated heterocycles. The van der Waals surface area contributed by atoms with Gasteiger partial charge in [0.1, 0.15) is 23.1 Å². The number of thioether (sulfide) groups is 1. The fraction of sp³-hybridized carbons (Fsp3) is 0.111. The van der Waals surface area contributed by atoms with Crippen LogP contribution in [0, 0.1) is 6.92 Å². The van der Waals surface area contributed by atoms with Crippen LogP contribution in [0.2, 0.25) is 0 Å². The zero-order chi connectivity index (χ0) is 25.5. The molecule has 37 heavy (non-hydrogen) atoms. The van der Waals surface area contributed by atoms with E-state index < -0.39 is 23.5 Å². The molecule has 1 N–H and O–H groups in total. The number of aryl methyl sites for hydroxylation is 1. The van der Waals surface area contributed by atoms with Crippen LogP contribution >= 0.6 is 23.1 Å². The molecule has 6 rings (SSSR count). The van der Waals surface area contributed by atoms with Crippen LogP contribution in [0.25, 0.3) is 11.0 Å². The SMILES string of the molecule is Cc1ccc(C2C(C(=O)c3cc4ccccc4o3)=C(O)C(=O)N2c2nnc(SCc3ccccc3)s2)o1. The number of anilines is 1. The minimum absolute atomic E-state index is 0.0158. The highest BCUT2D eigenvalue weighted by molar-refractivity contribution is 8.00. The summed E-state index contributed by atoms with van der Waals surface area (Å²) in [6.45, 7) is 1.76. The van der Waals surface area contributed by atoms with Gasteiger partial charge in [-0.15, -0.1) is 10.2 Å². The summed E-state index contributed by atoms with van der Waals surface area (Å²) in [5.74, 6) is -0.408. The second-order valence-electron chi connectivity index (χ2n) is 8.39. The molecule has 1 unspecified atom stereocenters. The van der Waals surface area contributed by atoms with Crippen LogP contribution < -0.4 is 4.90 Å². The summed E-state index contributed by atoms with van der Waals surface area (Å²) in [7, 11) is 0. The third-order valence-electron chi connectivity index (χ3n) is 5.94. The highest BCUT2D eigenvalue weighted by Gasteiger charge is 2.48. The number of ketones is 1. The molecule has 0 fully saturated rings. The second kappa shape index (κ2) is 9.38. The van der Waals surface area contributed by atoms with Crippen molar-refractivity contribution in [3.63, 3.8) is 0 Å². The van der Waals surface area contributed by atoms with Crippen LogP contribution in [0.4, 0.5) is 5.13 Å². The summed E-state index contributed by atoms with van der Waals surface area (Å²) in [4.78, 5) is 28.2. The highest BCUT2D eigenvalue weighted by atomic mass is 32.2. The van der Waals surface area contributed by atoms with Crippen molar-refractivity contribution >= 4 is 50.9 Å². The fourth-order valence-corrected chi connectivity index (χ4v) is 6.03. The van der Waals surface area contributed by atoms with E-state index in [1.54, 1.807) is 37.3 Å². The molecule has 4 heterocycles. The molecule has 1 aliphatic heterocycles. The number of rotatable bonds is 7. The molecule has 1 atom stereocenters. The number of carbonyl (C=O) groups excluding carboxylic acids is 2. The number of hydrogen-bond donors (Lipinski definition) is 1. The lowest BCUT2D eigenvalue weighted by Gasteiger charge is -2.21. The summed E-state index contributed by atoms with van der Waals surface area (Å²) >= 11 is 2.69. The topological polar surface area (TPSA) is 110 Å². The van der Waals surface area contributed by atoms with Crippen LogP contribution in [0.5, 0.6) is 0 Å². The number of aliphatic hydroxyl groups excluding tert-OH is 1. The summed E-state index contributed by atoms with van der Waals surface area (Å²) in [6.07, 6.45) is 0. The maximum atomic E-state index is 13.6. The Bertz CT molecular complexity index is 1630. The van der Waals surface area contributed by atoms with Crippen LogP contribution in [0.3, 0.4) is 0 Å². The van der Waals surface area contributed by atoms with Crippen molar-refractivity contribution in [1.29, 1.82) is 0 Å². The van der Waals surface area contributed by atoms with E-state index >= 15 is 0 Å². The molecular weight excluding hydrogens is 510 g/mol. The van der Waals surface area contributed by atoms with E-state index in [9.17, 15) is 14.7 Å². The van der Waals surface area contributed by atoms with E-state index in [-0.39, 0.29) is 16.5 Å². The molecule has 0 radical (unpaired) electrons. The van der Waals surface area contributed by atoms with Crippen molar-refractivity contribution in [2.24, 2.45) is 0 Å². The lowest BCUT2D eigenvalue weighted by Crippen LogP contribution is -2.30. The molecule has 0 spiro atoms. The number of carbonyl (C=O) groups is 2. The molecule has 0 aliphatic carbocycles. The van der Waals surface area contributed by atoms with Gasteiger partial charge in [0.2, 0.25) is 10.9 Å². The molecule has 1 amide bonds. The summed E-state index contributed by atoms with van der Waals surface area (Å²) in [5, 5.41) is 20.4. The van der Waals surface area contributed by atoms with Gasteiger partial charge in [-0.25, -0.2) is 0 Å². The lowest BCUT2D eigenvalue weighted by atomic mass is 10.00. The van der Waals surface area contributed by atoms with Gasteiger partial charge in [0.05, 0.1) is 5.57 Å². The van der Waals surface area contributed by atoms with Gasteiger partial charge in [0.15, 0.2) is 15.9 Å². The Morgan fingerprint density at radius 1 is 1.05 bits per heavy atom. The Morgan fingerprint density at radius 2 is 1.84 bits per heavy atom. The number of hydrogen-bond acceptors (Lipinski definition) is 9. The zero-order valence-electron chi connectivity index (χ0n) is 19.5. The number of para-hydroxylation sites is 1. The number of aliphatic hydroxyl groups is 1. The van der Waals surface area contributed by atoms with Crippen LogP contribution in [-0.2, 0) is 10.5 Å². The number of benzene rings is 2. The first-order valence-electron chi connectivity index (χ1n) is 11.4. The van der Waals surface area contributed by atoms with E-state index in [2.05, 4.69) is 10.2 Å². The quantitative estimate of drug-likeness (QED) is 0.149. The van der Waals surface area contributed by atoms with Crippen molar-refractivity contribution < 1.29 is 23.5 Å². The van der Waals surface area contributed by atoms with E-state index in [0.717, 1.165) is 10.9 Å². The van der Waals surface area contributed by atoms with Gasteiger partial charge in [-0.05, 0) is 36.8 Å². The van der Waals surface area contributed by atoms with Gasteiger partial charge in [0, 0.05) is 11.1 Å². The predicted molar refractivity (Wildman–Crippen MR) is 140 cm³/mol. The normalized spacial score (nSPS) is 15.8. The largest absolute Gasteiger partial charge is 0.503 e. The smallest absolute Gasteiger partial charge is 0.296 e. The van der Waals surface area contributed by atoms with E-state index in [1.807, 2.05) is 42.5 Å². The highest BCUT2D eigenvalue weighted by Crippen LogP contribution is 2.44. The molecule has 1 aliphatic rings. The average molecular weight is 530 g/mol. The molecule has 2 aromatic carbocycles. The predicted octanol–water partition coefficient (Wildman–Crippen LogP) is 6.26. The summed E-state index contributed by atoms with van der Waals surface area (Å²) in [5.41, 5.74) is 1.53. The third kappa shape index (κ3) is 4.24. The molecular formula is C27H19N3O5S2. The van der Waals surface area contributed by atoms with Gasteiger partial charge in [-0.3, -0.25) is 14.5 Å². The molecule has 10 heteroatoms. The number of amides is 1. The van der Waals surface area contributed by atoms with E-state index in [4.69, 9.17) is 8.83 Å². The van der Waals surface area contributed by atoms with E-state index in [0.29, 0.717) is 27.2 Å². The van der Waals surface area contributed by atoms with Crippen molar-refractivity contribution in [1.82, 2.24) is 10.2 Å². The van der Waals surface area contributed by atoms with Crippen molar-refractivity contribution in [3.05, 3.63) is 107 Å². The minimum Gasteiger partial charge on any atom is -0.503 e. The van der Waals surface area contributed by atoms with Gasteiger partial charge >= 0.3 is 0 Å². The summed E-state index contributed by atoms with van der Waals surface area (Å²) in [6, 6.07) is 21.1. The third-order valence-corrected chi connectivity index (χ3v) is 8.07. The maximum Gasteiger partial charge on any atom is 0.296 e. The Labute approximate surface area is 219 Å². The van der Waals surface area contributed by atoms with Crippen LogP contribution in [0.15, 0.2) is 97.3 Å². The van der Waals surface area contributed by atoms with Gasteiger partial charge < -0.3 is 13.9 Å². The van der Waals surface area contributed by atoms with Crippen LogP contribution in [0.1, 0.15) is 33.7 Å². The van der Waals surface area contributed by atoms with Gasteiger partial charge in [-0.2, -0.15) is 0 Å². The molecule has 0 saturated carbocycles. The fourth-order valence-electron chi connectivity index (χ4n) is 4.21. The molecule has 0 bridgehead atoms. The number of fused-ring (bicyclic) bond motifs is 1. The molecule has 3 aromatic heterocycles. The zero-order valence-corrected chi connectivity index (χ0v) is 21.1. The second-order valence-corrected chi connectivity index (χ2v) is 10.6. The molecule has 5 aromatic rings. The van der Waals surface area contributed by atoms with Gasteiger partial charge in [-0.1, -0.05) is 71.6 Å². The Hall–Kier alpha value is -4.15. The number of Topliss-reactive ketones (excluding diaryl/α,β-unsaturated/α-hetero) is 1. The van der Waals surface area contributed by atoms with E-state index in [1.165, 1.54) is 28.0 Å². The van der Waals surface area contributed by atoms with Crippen molar-refractivity contribution in [3.8, 4) is 0 Å². The average Bonchev–Trinajstić information content (AvgIpc) is 3.69. The maximum absolute atomic E-state index is 13.6. The van der Waals surface area contributed by atoms with Crippen LogP contribution in [-0.4, -0.2) is 27.0 Å². The monoisotopic (exact) mass is 529 g/mol. The van der Waals surface area contributed by atoms with Crippen molar-refractivity contribution in [2.45, 2.75) is 23.1 Å². The summed E-state index contributed by atoms with van der Waals surface area (Å²) < 4.78 is 12.2. The first-order valence-corrected chi connectivity index (χ1v) is 13.2. The first kappa shape index (κ1) is 23.3. The van der Waals surface area contributed by atoms with Gasteiger partial charge in [0.25, 0.3) is 5.91 Å².